The highest BCUT2D eigenvalue weighted by Gasteiger charge is 2.16. The van der Waals surface area contributed by atoms with Crippen LogP contribution in [0.5, 0.6) is 0 Å². The van der Waals surface area contributed by atoms with Crippen LogP contribution in [0.1, 0.15) is 29.5 Å². The van der Waals surface area contributed by atoms with Gasteiger partial charge in [-0.2, -0.15) is 0 Å². The lowest BCUT2D eigenvalue weighted by molar-refractivity contribution is 0.0792. The van der Waals surface area contributed by atoms with E-state index in [9.17, 15) is 9.50 Å². The molecule has 5 nitrogen and oxygen atoms in total. The zero-order valence-electron chi connectivity index (χ0n) is 16.8. The highest BCUT2D eigenvalue weighted by Crippen LogP contribution is 2.14. The molecule has 7 heteroatoms. The molecule has 1 saturated heterocycles. The molecule has 1 aliphatic rings. The fourth-order valence-corrected chi connectivity index (χ4v) is 3.34. The van der Waals surface area contributed by atoms with Crippen LogP contribution in [0.15, 0.2) is 53.5 Å². The summed E-state index contributed by atoms with van der Waals surface area (Å²) in [7, 11) is 1.72. The van der Waals surface area contributed by atoms with E-state index in [1.54, 1.807) is 13.1 Å². The van der Waals surface area contributed by atoms with Crippen LogP contribution in [0.25, 0.3) is 0 Å². The zero-order valence-corrected chi connectivity index (χ0v) is 19.1. The van der Waals surface area contributed by atoms with E-state index in [2.05, 4.69) is 44.8 Å². The summed E-state index contributed by atoms with van der Waals surface area (Å²) < 4.78 is 13.3. The summed E-state index contributed by atoms with van der Waals surface area (Å²) in [6.45, 7) is 4.02. The second-order valence-corrected chi connectivity index (χ2v) is 7.23. The molecule has 0 unspecified atom stereocenters. The van der Waals surface area contributed by atoms with Gasteiger partial charge in [0, 0.05) is 39.8 Å². The molecule has 1 heterocycles. The molecule has 0 amide bonds. The third-order valence-corrected chi connectivity index (χ3v) is 5.02. The molecule has 29 heavy (non-hydrogen) atoms. The van der Waals surface area contributed by atoms with Crippen LogP contribution in [0.3, 0.4) is 0 Å². The Kier molecular flexibility index (Phi) is 9.83. The molecule has 0 radical (unpaired) electrons. The lowest BCUT2D eigenvalue weighted by atomic mass is 10.1. The number of nitrogens with one attached hydrogen (secondary N) is 2. The number of aliphatic imine (C=N–C) groups is 1. The molecular formula is C22H30FIN4O. The first kappa shape index (κ1) is 23.6. The van der Waals surface area contributed by atoms with E-state index in [4.69, 9.17) is 0 Å². The Morgan fingerprint density at radius 3 is 2.28 bits per heavy atom. The number of aliphatic hydroxyl groups is 1. The van der Waals surface area contributed by atoms with Gasteiger partial charge in [-0.15, -0.1) is 24.0 Å². The minimum atomic E-state index is -0.233. The van der Waals surface area contributed by atoms with Crippen LogP contribution in [-0.4, -0.2) is 42.2 Å². The van der Waals surface area contributed by atoms with Gasteiger partial charge in [0.25, 0.3) is 0 Å². The van der Waals surface area contributed by atoms with Gasteiger partial charge in [0.1, 0.15) is 5.82 Å². The fourth-order valence-electron chi connectivity index (χ4n) is 3.34. The Balaban J connectivity index is 0.00000300. The number of hydrogen-bond acceptors (Lipinski definition) is 3. The normalized spacial score (nSPS) is 15.6. The van der Waals surface area contributed by atoms with Gasteiger partial charge in [0.2, 0.25) is 0 Å². The number of rotatable bonds is 6. The van der Waals surface area contributed by atoms with E-state index in [0.29, 0.717) is 19.0 Å². The first-order chi connectivity index (χ1) is 13.6. The molecule has 0 spiro atoms. The van der Waals surface area contributed by atoms with Crippen LogP contribution in [0, 0.1) is 5.82 Å². The molecule has 3 N–H and O–H groups in total. The first-order valence-electron chi connectivity index (χ1n) is 9.79. The van der Waals surface area contributed by atoms with E-state index in [0.717, 1.165) is 38.0 Å². The van der Waals surface area contributed by atoms with Gasteiger partial charge >= 0.3 is 0 Å². The quantitative estimate of drug-likeness (QED) is 0.316. The van der Waals surface area contributed by atoms with Crippen molar-refractivity contribution in [2.45, 2.75) is 38.6 Å². The van der Waals surface area contributed by atoms with Crippen LogP contribution >= 0.6 is 24.0 Å². The standard InChI is InChI=1S/C22H29FN4O.HI/c1-24-22(26-15-19-3-2-4-20(23)13-19)25-14-17-5-7-18(8-6-17)16-27-11-9-21(28)10-12-27;/h2-8,13,21,28H,9-12,14-16H2,1H3,(H2,24,25,26);1H. The molecule has 1 aliphatic heterocycles. The molecule has 0 aromatic heterocycles. The molecule has 1 fully saturated rings. The summed E-state index contributed by atoms with van der Waals surface area (Å²) in [5.74, 6) is 0.447. The molecule has 0 bridgehead atoms. The number of aliphatic hydroxyl groups excluding tert-OH is 1. The van der Waals surface area contributed by atoms with Crippen molar-refractivity contribution >= 4 is 29.9 Å². The summed E-state index contributed by atoms with van der Waals surface area (Å²) in [5.41, 5.74) is 3.33. The second-order valence-electron chi connectivity index (χ2n) is 7.23. The second kappa shape index (κ2) is 12.1. The smallest absolute Gasteiger partial charge is 0.191 e. The van der Waals surface area contributed by atoms with E-state index in [1.807, 2.05) is 6.07 Å². The Morgan fingerprint density at radius 1 is 1.03 bits per heavy atom. The third-order valence-electron chi connectivity index (χ3n) is 5.02. The van der Waals surface area contributed by atoms with Crippen LogP contribution in [-0.2, 0) is 19.6 Å². The predicted octanol–water partition coefficient (Wildman–Crippen LogP) is 3.27. The molecular weight excluding hydrogens is 482 g/mol. The van der Waals surface area contributed by atoms with Gasteiger partial charge < -0.3 is 15.7 Å². The molecule has 3 rings (SSSR count). The van der Waals surface area contributed by atoms with Gasteiger partial charge in [-0.1, -0.05) is 36.4 Å². The summed E-state index contributed by atoms with van der Waals surface area (Å²) in [6.07, 6.45) is 1.60. The average Bonchev–Trinajstić information content (AvgIpc) is 2.71. The van der Waals surface area contributed by atoms with Crippen molar-refractivity contribution in [1.29, 1.82) is 0 Å². The van der Waals surface area contributed by atoms with Crippen LogP contribution in [0.2, 0.25) is 0 Å². The lowest BCUT2D eigenvalue weighted by Crippen LogP contribution is -2.36. The van der Waals surface area contributed by atoms with Gasteiger partial charge in [-0.05, 0) is 41.7 Å². The minimum Gasteiger partial charge on any atom is -0.393 e. The maximum absolute atomic E-state index is 13.3. The SMILES string of the molecule is CN=C(NCc1ccc(CN2CCC(O)CC2)cc1)NCc1cccc(F)c1.I. The van der Waals surface area contributed by atoms with E-state index in [1.165, 1.54) is 23.3 Å². The zero-order chi connectivity index (χ0) is 19.8. The third kappa shape index (κ3) is 7.91. The van der Waals surface area contributed by atoms with Gasteiger partial charge in [-0.25, -0.2) is 4.39 Å². The summed E-state index contributed by atoms with van der Waals surface area (Å²) >= 11 is 0. The summed E-state index contributed by atoms with van der Waals surface area (Å²) in [6, 6.07) is 15.1. The Morgan fingerprint density at radius 2 is 1.66 bits per heavy atom. The monoisotopic (exact) mass is 512 g/mol. The number of benzene rings is 2. The Labute approximate surface area is 189 Å². The number of nitrogens with zero attached hydrogens (tertiary/aromatic N) is 2. The van der Waals surface area contributed by atoms with Crippen molar-refractivity contribution in [1.82, 2.24) is 15.5 Å². The number of likely N-dealkylation sites (tertiary alicyclic amines) is 1. The number of halogens is 2. The minimum absolute atomic E-state index is 0. The van der Waals surface area contributed by atoms with Crippen LogP contribution < -0.4 is 10.6 Å². The van der Waals surface area contributed by atoms with Gasteiger partial charge in [-0.3, -0.25) is 9.89 Å². The van der Waals surface area contributed by atoms with Crippen LogP contribution in [0.4, 0.5) is 4.39 Å². The molecule has 158 valence electrons. The first-order valence-corrected chi connectivity index (χ1v) is 9.79. The maximum atomic E-state index is 13.3. The molecule has 0 saturated carbocycles. The van der Waals surface area contributed by atoms with E-state index in [-0.39, 0.29) is 35.9 Å². The highest BCUT2D eigenvalue weighted by molar-refractivity contribution is 14.0. The summed E-state index contributed by atoms with van der Waals surface area (Å²) in [4.78, 5) is 6.60. The average molecular weight is 512 g/mol. The highest BCUT2D eigenvalue weighted by atomic mass is 127. The predicted molar refractivity (Wildman–Crippen MR) is 126 cm³/mol. The van der Waals surface area contributed by atoms with E-state index >= 15 is 0 Å². The van der Waals surface area contributed by atoms with Crippen molar-refractivity contribution in [2.75, 3.05) is 20.1 Å². The maximum Gasteiger partial charge on any atom is 0.191 e. The van der Waals surface area contributed by atoms with E-state index < -0.39 is 0 Å². The van der Waals surface area contributed by atoms with Gasteiger partial charge in [0.05, 0.1) is 6.10 Å². The number of hydrogen-bond donors (Lipinski definition) is 3. The molecule has 0 aliphatic carbocycles. The van der Waals surface area contributed by atoms with Crippen molar-refractivity contribution in [2.24, 2.45) is 4.99 Å². The van der Waals surface area contributed by atoms with Crippen molar-refractivity contribution in [3.05, 3.63) is 71.0 Å². The molecule has 2 aromatic carbocycles. The summed E-state index contributed by atoms with van der Waals surface area (Å²) in [5, 5.41) is 16.1. The Hall–Kier alpha value is -1.71. The number of piperidine rings is 1. The molecule has 0 atom stereocenters. The number of guanidine groups is 1. The van der Waals surface area contributed by atoms with Crippen molar-refractivity contribution in [3.8, 4) is 0 Å². The fraction of sp³-hybridized carbons (Fsp3) is 0.409. The van der Waals surface area contributed by atoms with Crippen molar-refractivity contribution in [3.63, 3.8) is 0 Å². The largest absolute Gasteiger partial charge is 0.393 e. The Bertz CT molecular complexity index is 777. The molecule has 2 aromatic rings. The van der Waals surface area contributed by atoms with Crippen molar-refractivity contribution < 1.29 is 9.50 Å². The lowest BCUT2D eigenvalue weighted by Gasteiger charge is -2.29. The topological polar surface area (TPSA) is 59.9 Å². The van der Waals surface area contributed by atoms with Gasteiger partial charge in [0.15, 0.2) is 5.96 Å².